The van der Waals surface area contributed by atoms with Crippen LogP contribution in [0.2, 0.25) is 0 Å². The van der Waals surface area contributed by atoms with Gasteiger partial charge in [-0.2, -0.15) is 0 Å². The molecule has 0 amide bonds. The smallest absolute Gasteiger partial charge is 0.315 e. The molecule has 0 aliphatic heterocycles. The van der Waals surface area contributed by atoms with E-state index in [1.165, 1.54) is 0 Å². The molecule has 0 unspecified atom stereocenters. The lowest BCUT2D eigenvalue weighted by atomic mass is 10.3. The van der Waals surface area contributed by atoms with Crippen LogP contribution < -0.4 is 0 Å². The molecule has 0 aliphatic carbocycles. The van der Waals surface area contributed by atoms with E-state index in [1.54, 1.807) is 6.92 Å². The molecule has 0 fully saturated rings. The van der Waals surface area contributed by atoms with Crippen LogP contribution in [0.3, 0.4) is 0 Å². The van der Waals surface area contributed by atoms with Gasteiger partial charge >= 0.3 is 5.97 Å². The minimum absolute atomic E-state index is 0.0644. The lowest BCUT2D eigenvalue weighted by molar-refractivity contribution is -0.142. The number of rotatable bonds is 3. The van der Waals surface area contributed by atoms with Crippen molar-refractivity contribution < 1.29 is 13.9 Å². The summed E-state index contributed by atoms with van der Waals surface area (Å²) in [5.41, 5.74) is 1.38. The molecule has 4 nitrogen and oxygen atoms in total. The number of fused-ring (bicyclic) bond motifs is 1. The van der Waals surface area contributed by atoms with Gasteiger partial charge in [0.05, 0.1) is 11.1 Å². The zero-order chi connectivity index (χ0) is 11.5. The van der Waals surface area contributed by atoms with Gasteiger partial charge in [-0.3, -0.25) is 4.79 Å². The van der Waals surface area contributed by atoms with Gasteiger partial charge in [0.2, 0.25) is 5.89 Å². The molecule has 2 aromatic rings. The van der Waals surface area contributed by atoms with Gasteiger partial charge in [0.25, 0.3) is 0 Å². The molecule has 0 saturated heterocycles. The van der Waals surface area contributed by atoms with Crippen LogP contribution in [0.15, 0.2) is 27.1 Å². The van der Waals surface area contributed by atoms with Crippen molar-refractivity contribution in [2.75, 3.05) is 6.61 Å². The Bertz CT molecular complexity index is 521. The van der Waals surface area contributed by atoms with Gasteiger partial charge < -0.3 is 9.15 Å². The Balaban J connectivity index is 2.26. The fourth-order valence-corrected chi connectivity index (χ4v) is 1.81. The van der Waals surface area contributed by atoms with Crippen molar-refractivity contribution >= 4 is 33.0 Å². The minimum atomic E-state index is -0.329. The summed E-state index contributed by atoms with van der Waals surface area (Å²) in [5, 5.41) is 0. The second-order valence-corrected chi connectivity index (χ2v) is 4.03. The second-order valence-electron chi connectivity index (χ2n) is 3.18. The third-order valence-corrected chi connectivity index (χ3v) is 2.64. The Labute approximate surface area is 101 Å². The van der Waals surface area contributed by atoms with E-state index in [1.807, 2.05) is 18.2 Å². The van der Waals surface area contributed by atoms with Crippen LogP contribution in [-0.2, 0) is 16.0 Å². The molecule has 0 spiro atoms. The van der Waals surface area contributed by atoms with Crippen molar-refractivity contribution in [2.45, 2.75) is 13.3 Å². The zero-order valence-corrected chi connectivity index (χ0v) is 10.3. The van der Waals surface area contributed by atoms with Crippen LogP contribution in [0.1, 0.15) is 12.8 Å². The van der Waals surface area contributed by atoms with E-state index in [0.29, 0.717) is 18.1 Å². The summed E-state index contributed by atoms with van der Waals surface area (Å²) >= 11 is 3.36. The molecule has 0 radical (unpaired) electrons. The molecule has 5 heteroatoms. The quantitative estimate of drug-likeness (QED) is 0.813. The summed E-state index contributed by atoms with van der Waals surface area (Å²) in [6.07, 6.45) is 0.0644. The highest BCUT2D eigenvalue weighted by Gasteiger charge is 2.12. The lowest BCUT2D eigenvalue weighted by Crippen LogP contribution is -2.07. The van der Waals surface area contributed by atoms with Gasteiger partial charge in [-0.1, -0.05) is 6.07 Å². The maximum atomic E-state index is 11.2. The van der Waals surface area contributed by atoms with Crippen molar-refractivity contribution in [3.8, 4) is 0 Å². The first-order valence-electron chi connectivity index (χ1n) is 4.90. The standard InChI is InChI=1S/C11H10BrNO3/c1-2-15-10(14)6-9-13-8-5-3-4-7(12)11(8)16-9/h3-5H,2,6H2,1H3. The van der Waals surface area contributed by atoms with Crippen molar-refractivity contribution in [1.29, 1.82) is 0 Å². The summed E-state index contributed by atoms with van der Waals surface area (Å²) in [6.45, 7) is 2.13. The fraction of sp³-hybridized carbons (Fsp3) is 0.273. The number of carbonyl (C=O) groups excluding carboxylic acids is 1. The summed E-state index contributed by atoms with van der Waals surface area (Å²) in [5.74, 6) is 0.0468. The Morgan fingerprint density at radius 3 is 3.06 bits per heavy atom. The summed E-state index contributed by atoms with van der Waals surface area (Å²) in [7, 11) is 0. The van der Waals surface area contributed by atoms with Gasteiger partial charge in [-0.05, 0) is 35.0 Å². The van der Waals surface area contributed by atoms with E-state index < -0.39 is 0 Å². The molecule has 1 heterocycles. The van der Waals surface area contributed by atoms with Gasteiger partial charge in [0.15, 0.2) is 5.58 Å². The molecule has 0 bridgehead atoms. The number of hydrogen-bond donors (Lipinski definition) is 0. The number of carbonyl (C=O) groups is 1. The van der Waals surface area contributed by atoms with Crippen LogP contribution in [0.25, 0.3) is 11.1 Å². The maximum absolute atomic E-state index is 11.2. The highest BCUT2D eigenvalue weighted by Crippen LogP contribution is 2.24. The summed E-state index contributed by atoms with van der Waals surface area (Å²) in [4.78, 5) is 15.4. The molecule has 0 N–H and O–H groups in total. The number of aromatic nitrogens is 1. The SMILES string of the molecule is CCOC(=O)Cc1nc2cccc(Br)c2o1. The first-order chi connectivity index (χ1) is 7.70. The van der Waals surface area contributed by atoms with E-state index >= 15 is 0 Å². The Morgan fingerprint density at radius 1 is 1.56 bits per heavy atom. The molecule has 0 aliphatic rings. The van der Waals surface area contributed by atoms with E-state index in [4.69, 9.17) is 9.15 Å². The average molecular weight is 284 g/mol. The molecule has 0 saturated carbocycles. The molecule has 1 aromatic heterocycles. The number of esters is 1. The molecule has 0 atom stereocenters. The number of benzene rings is 1. The van der Waals surface area contributed by atoms with Crippen LogP contribution in [0.5, 0.6) is 0 Å². The van der Waals surface area contributed by atoms with Crippen LogP contribution in [0.4, 0.5) is 0 Å². The molecular formula is C11H10BrNO3. The highest BCUT2D eigenvalue weighted by molar-refractivity contribution is 9.10. The third-order valence-electron chi connectivity index (χ3n) is 2.01. The molecule has 84 valence electrons. The van der Waals surface area contributed by atoms with Crippen LogP contribution >= 0.6 is 15.9 Å². The van der Waals surface area contributed by atoms with Crippen LogP contribution in [-0.4, -0.2) is 17.6 Å². The predicted octanol–water partition coefficient (Wildman–Crippen LogP) is 2.70. The molecular weight excluding hydrogens is 274 g/mol. The Hall–Kier alpha value is -1.36. The van der Waals surface area contributed by atoms with Crippen molar-refractivity contribution in [1.82, 2.24) is 4.98 Å². The largest absolute Gasteiger partial charge is 0.466 e. The van der Waals surface area contributed by atoms with Gasteiger partial charge in [0, 0.05) is 0 Å². The van der Waals surface area contributed by atoms with Gasteiger partial charge in [-0.15, -0.1) is 0 Å². The number of nitrogens with zero attached hydrogens (tertiary/aromatic N) is 1. The zero-order valence-electron chi connectivity index (χ0n) is 8.70. The van der Waals surface area contributed by atoms with E-state index in [0.717, 1.165) is 9.99 Å². The fourth-order valence-electron chi connectivity index (χ4n) is 1.37. The second kappa shape index (κ2) is 4.65. The first-order valence-corrected chi connectivity index (χ1v) is 5.69. The average Bonchev–Trinajstić information content (AvgIpc) is 2.62. The van der Waals surface area contributed by atoms with E-state index in [2.05, 4.69) is 20.9 Å². The van der Waals surface area contributed by atoms with Gasteiger partial charge in [-0.25, -0.2) is 4.98 Å². The number of hydrogen-bond acceptors (Lipinski definition) is 4. The number of oxazole rings is 1. The lowest BCUT2D eigenvalue weighted by Gasteiger charge is -1.96. The Kier molecular flexibility index (Phi) is 3.24. The third kappa shape index (κ3) is 2.24. The topological polar surface area (TPSA) is 52.3 Å². The first kappa shape index (κ1) is 11.1. The molecule has 2 rings (SSSR count). The van der Waals surface area contributed by atoms with Crippen LogP contribution in [0, 0.1) is 0 Å². The summed E-state index contributed by atoms with van der Waals surface area (Å²) < 4.78 is 11.1. The monoisotopic (exact) mass is 283 g/mol. The predicted molar refractivity (Wildman–Crippen MR) is 62.0 cm³/mol. The molecule has 1 aromatic carbocycles. The summed E-state index contributed by atoms with van der Waals surface area (Å²) in [6, 6.07) is 5.56. The highest BCUT2D eigenvalue weighted by atomic mass is 79.9. The Morgan fingerprint density at radius 2 is 2.38 bits per heavy atom. The maximum Gasteiger partial charge on any atom is 0.315 e. The number of halogens is 1. The minimum Gasteiger partial charge on any atom is -0.466 e. The van der Waals surface area contributed by atoms with Gasteiger partial charge in [0.1, 0.15) is 11.9 Å². The van der Waals surface area contributed by atoms with E-state index in [-0.39, 0.29) is 12.4 Å². The normalized spacial score (nSPS) is 10.6. The van der Waals surface area contributed by atoms with Crippen molar-refractivity contribution in [2.24, 2.45) is 0 Å². The van der Waals surface area contributed by atoms with Crippen molar-refractivity contribution in [3.63, 3.8) is 0 Å². The number of para-hydroxylation sites is 1. The van der Waals surface area contributed by atoms with E-state index in [9.17, 15) is 4.79 Å². The van der Waals surface area contributed by atoms with Crippen molar-refractivity contribution in [3.05, 3.63) is 28.6 Å². The number of ether oxygens (including phenoxy) is 1. The molecule has 16 heavy (non-hydrogen) atoms.